The molecule has 0 saturated carbocycles. The first-order valence-electron chi connectivity index (χ1n) is 4.93. The van der Waals surface area contributed by atoms with Crippen LogP contribution in [0.2, 0.25) is 0 Å². The van der Waals surface area contributed by atoms with Crippen molar-refractivity contribution < 1.29 is 4.74 Å². The minimum Gasteiger partial charge on any atom is -0.494 e. The van der Waals surface area contributed by atoms with Crippen LogP contribution in [-0.2, 0) is 0 Å². The summed E-state index contributed by atoms with van der Waals surface area (Å²) in [5.74, 6) is 1.01. The minimum atomic E-state index is 0.833. The first-order chi connectivity index (χ1) is 6.22. The Balaban J connectivity index is 2.56. The monoisotopic (exact) mass is 178 g/mol. The first kappa shape index (κ1) is 10.1. The summed E-state index contributed by atoms with van der Waals surface area (Å²) in [7, 11) is 0. The van der Waals surface area contributed by atoms with Crippen LogP contribution in [0.25, 0.3) is 0 Å². The van der Waals surface area contributed by atoms with Crippen LogP contribution < -0.4 is 4.74 Å². The normalized spacial score (nSPS) is 10.1. The van der Waals surface area contributed by atoms with Gasteiger partial charge >= 0.3 is 0 Å². The van der Waals surface area contributed by atoms with Crippen molar-refractivity contribution in [2.45, 2.75) is 33.6 Å². The maximum atomic E-state index is 5.61. The van der Waals surface area contributed by atoms with Gasteiger partial charge in [-0.1, -0.05) is 19.4 Å². The van der Waals surface area contributed by atoms with E-state index in [1.807, 2.05) is 0 Å². The van der Waals surface area contributed by atoms with Gasteiger partial charge in [0, 0.05) is 0 Å². The predicted octanol–water partition coefficient (Wildman–Crippen LogP) is 3.48. The highest BCUT2D eigenvalue weighted by atomic mass is 16.5. The standard InChI is InChI=1S/C12H18O/c1-4-5-6-13-12-8-10(2)7-11(3)9-12/h7-9H,4-6H2,1-3H3. The summed E-state index contributed by atoms with van der Waals surface area (Å²) in [4.78, 5) is 0. The molecule has 0 amide bonds. The van der Waals surface area contributed by atoms with Crippen LogP contribution in [0.5, 0.6) is 5.75 Å². The molecule has 0 aliphatic carbocycles. The van der Waals surface area contributed by atoms with Gasteiger partial charge in [-0.25, -0.2) is 0 Å². The van der Waals surface area contributed by atoms with Gasteiger partial charge in [0.2, 0.25) is 0 Å². The van der Waals surface area contributed by atoms with E-state index in [1.165, 1.54) is 17.5 Å². The predicted molar refractivity (Wildman–Crippen MR) is 56.3 cm³/mol. The zero-order valence-corrected chi connectivity index (χ0v) is 8.76. The number of rotatable bonds is 4. The molecular weight excluding hydrogens is 160 g/mol. The molecule has 0 unspecified atom stereocenters. The van der Waals surface area contributed by atoms with E-state index >= 15 is 0 Å². The average Bonchev–Trinajstić information content (AvgIpc) is 2.03. The van der Waals surface area contributed by atoms with E-state index in [0.717, 1.165) is 18.8 Å². The molecule has 0 radical (unpaired) electrons. The van der Waals surface area contributed by atoms with Crippen LogP contribution >= 0.6 is 0 Å². The zero-order chi connectivity index (χ0) is 9.68. The second-order valence-corrected chi connectivity index (χ2v) is 3.53. The molecule has 0 saturated heterocycles. The first-order valence-corrected chi connectivity index (χ1v) is 4.93. The van der Waals surface area contributed by atoms with Gasteiger partial charge < -0.3 is 4.74 Å². The molecule has 0 fully saturated rings. The summed E-state index contributed by atoms with van der Waals surface area (Å²) in [5.41, 5.74) is 2.54. The van der Waals surface area contributed by atoms with Gasteiger partial charge in [0.05, 0.1) is 6.61 Å². The molecule has 0 atom stereocenters. The zero-order valence-electron chi connectivity index (χ0n) is 8.76. The van der Waals surface area contributed by atoms with Crippen molar-refractivity contribution in [2.75, 3.05) is 6.61 Å². The van der Waals surface area contributed by atoms with E-state index in [1.54, 1.807) is 0 Å². The van der Waals surface area contributed by atoms with E-state index in [-0.39, 0.29) is 0 Å². The topological polar surface area (TPSA) is 9.23 Å². The smallest absolute Gasteiger partial charge is 0.119 e. The van der Waals surface area contributed by atoms with E-state index < -0.39 is 0 Å². The van der Waals surface area contributed by atoms with E-state index in [0.29, 0.717) is 0 Å². The Morgan fingerprint density at radius 3 is 2.23 bits per heavy atom. The average molecular weight is 178 g/mol. The number of ether oxygens (including phenoxy) is 1. The van der Waals surface area contributed by atoms with Gasteiger partial charge in [-0.05, 0) is 43.5 Å². The Kier molecular flexibility index (Phi) is 3.81. The summed E-state index contributed by atoms with van der Waals surface area (Å²) in [5, 5.41) is 0. The lowest BCUT2D eigenvalue weighted by Gasteiger charge is -2.07. The van der Waals surface area contributed by atoms with Crippen molar-refractivity contribution in [1.29, 1.82) is 0 Å². The molecule has 1 rings (SSSR count). The Bertz CT molecular complexity index is 246. The number of unbranched alkanes of at least 4 members (excludes halogenated alkanes) is 1. The SMILES string of the molecule is CCCCOc1cc(C)cc(C)c1. The fourth-order valence-electron chi connectivity index (χ4n) is 1.35. The van der Waals surface area contributed by atoms with Crippen LogP contribution in [0, 0.1) is 13.8 Å². The fraction of sp³-hybridized carbons (Fsp3) is 0.500. The highest BCUT2D eigenvalue weighted by Gasteiger charge is 1.95. The van der Waals surface area contributed by atoms with Crippen molar-refractivity contribution in [3.8, 4) is 5.75 Å². The lowest BCUT2D eigenvalue weighted by Crippen LogP contribution is -1.96. The van der Waals surface area contributed by atoms with Gasteiger partial charge in [0.25, 0.3) is 0 Å². The van der Waals surface area contributed by atoms with E-state index in [2.05, 4.69) is 39.0 Å². The van der Waals surface area contributed by atoms with Gasteiger partial charge in [-0.2, -0.15) is 0 Å². The molecule has 13 heavy (non-hydrogen) atoms. The van der Waals surface area contributed by atoms with Crippen molar-refractivity contribution in [1.82, 2.24) is 0 Å². The van der Waals surface area contributed by atoms with Crippen LogP contribution in [0.1, 0.15) is 30.9 Å². The summed E-state index contributed by atoms with van der Waals surface area (Å²) < 4.78 is 5.61. The minimum absolute atomic E-state index is 0.833. The number of hydrogen-bond donors (Lipinski definition) is 0. The maximum Gasteiger partial charge on any atom is 0.119 e. The molecule has 0 heterocycles. The summed E-state index contributed by atoms with van der Waals surface area (Å²) in [6.07, 6.45) is 2.32. The Morgan fingerprint density at radius 1 is 1.08 bits per heavy atom. The molecule has 1 aromatic rings. The quantitative estimate of drug-likeness (QED) is 0.641. The molecule has 0 aromatic heterocycles. The van der Waals surface area contributed by atoms with Crippen molar-refractivity contribution in [2.24, 2.45) is 0 Å². The van der Waals surface area contributed by atoms with E-state index in [4.69, 9.17) is 4.74 Å². The molecule has 1 aromatic carbocycles. The summed E-state index contributed by atoms with van der Waals surface area (Å²) in [6.45, 7) is 7.20. The molecule has 72 valence electrons. The Hall–Kier alpha value is -0.980. The third-order valence-corrected chi connectivity index (χ3v) is 1.96. The van der Waals surface area contributed by atoms with Gasteiger partial charge in [0.1, 0.15) is 5.75 Å². The highest BCUT2D eigenvalue weighted by Crippen LogP contribution is 2.16. The number of hydrogen-bond acceptors (Lipinski definition) is 1. The summed E-state index contributed by atoms with van der Waals surface area (Å²) >= 11 is 0. The molecule has 0 bridgehead atoms. The lowest BCUT2D eigenvalue weighted by atomic mass is 10.1. The largest absolute Gasteiger partial charge is 0.494 e. The molecule has 0 spiro atoms. The highest BCUT2D eigenvalue weighted by molar-refractivity contribution is 5.32. The van der Waals surface area contributed by atoms with Crippen LogP contribution in [0.3, 0.4) is 0 Å². The van der Waals surface area contributed by atoms with Gasteiger partial charge in [0.15, 0.2) is 0 Å². The maximum absolute atomic E-state index is 5.61. The van der Waals surface area contributed by atoms with Crippen LogP contribution in [0.15, 0.2) is 18.2 Å². The third kappa shape index (κ3) is 3.49. The fourth-order valence-corrected chi connectivity index (χ4v) is 1.35. The van der Waals surface area contributed by atoms with Crippen molar-refractivity contribution in [3.63, 3.8) is 0 Å². The number of benzene rings is 1. The summed E-state index contributed by atoms with van der Waals surface area (Å²) in [6, 6.07) is 6.33. The molecular formula is C12H18O. The van der Waals surface area contributed by atoms with Crippen molar-refractivity contribution >= 4 is 0 Å². The lowest BCUT2D eigenvalue weighted by molar-refractivity contribution is 0.309. The van der Waals surface area contributed by atoms with Gasteiger partial charge in [-0.15, -0.1) is 0 Å². The molecule has 0 aliphatic heterocycles. The van der Waals surface area contributed by atoms with Crippen LogP contribution in [0.4, 0.5) is 0 Å². The Morgan fingerprint density at radius 2 is 1.69 bits per heavy atom. The third-order valence-electron chi connectivity index (χ3n) is 1.96. The van der Waals surface area contributed by atoms with Crippen molar-refractivity contribution in [3.05, 3.63) is 29.3 Å². The molecule has 0 aliphatic rings. The number of aryl methyl sites for hydroxylation is 2. The van der Waals surface area contributed by atoms with Crippen LogP contribution in [-0.4, -0.2) is 6.61 Å². The van der Waals surface area contributed by atoms with Gasteiger partial charge in [-0.3, -0.25) is 0 Å². The molecule has 1 nitrogen and oxygen atoms in total. The van der Waals surface area contributed by atoms with E-state index in [9.17, 15) is 0 Å². The Labute approximate surface area is 80.7 Å². The second kappa shape index (κ2) is 4.90. The molecule has 1 heteroatoms. The second-order valence-electron chi connectivity index (χ2n) is 3.53. The molecule has 0 N–H and O–H groups in total.